The highest BCUT2D eigenvalue weighted by Gasteiger charge is 2.45. The summed E-state index contributed by atoms with van der Waals surface area (Å²) in [5, 5.41) is 9.68. The van der Waals surface area contributed by atoms with Crippen molar-refractivity contribution < 1.29 is 28.8 Å². The molecule has 63 heavy (non-hydrogen) atoms. The molecule has 4 fully saturated rings. The highest BCUT2D eigenvalue weighted by Crippen LogP contribution is 2.35. The van der Waals surface area contributed by atoms with Crippen molar-refractivity contribution in [2.45, 2.75) is 50.6 Å². The minimum Gasteiger partial charge on any atom is -0.369 e. The number of pyridine rings is 1. The molecule has 5 aromatic rings. The second kappa shape index (κ2) is 16.7. The Morgan fingerprint density at radius 2 is 1.46 bits per heavy atom. The monoisotopic (exact) mass is 844 g/mol. The number of rotatable bonds is 10. The van der Waals surface area contributed by atoms with Crippen LogP contribution in [0.5, 0.6) is 0 Å². The van der Waals surface area contributed by atoms with Gasteiger partial charge in [-0.2, -0.15) is 0 Å². The molecule has 5 heterocycles. The number of benzene rings is 4. The number of anilines is 3. The van der Waals surface area contributed by atoms with E-state index in [9.17, 15) is 28.8 Å². The number of para-hydroxylation sites is 1. The molecule has 14 heteroatoms. The summed E-state index contributed by atoms with van der Waals surface area (Å²) in [5.74, 6) is -1.64. The maximum Gasteiger partial charge on any atom is 0.262 e. The van der Waals surface area contributed by atoms with Gasteiger partial charge in [-0.1, -0.05) is 36.4 Å². The Hall–Kier alpha value is -6.93. The number of piperidine rings is 2. The first-order valence-corrected chi connectivity index (χ1v) is 21.9. The van der Waals surface area contributed by atoms with E-state index < -0.39 is 29.7 Å². The lowest BCUT2D eigenvalue weighted by Gasteiger charge is -2.39. The molecule has 1 aliphatic carbocycles. The van der Waals surface area contributed by atoms with Crippen molar-refractivity contribution in [3.63, 3.8) is 0 Å². The van der Waals surface area contributed by atoms with Gasteiger partial charge in [-0.3, -0.25) is 48.9 Å². The lowest BCUT2D eigenvalue weighted by Crippen LogP contribution is -2.54. The molecule has 1 aromatic heterocycles. The van der Waals surface area contributed by atoms with E-state index in [4.69, 9.17) is 0 Å². The number of carbonyl (C=O) groups is 6. The van der Waals surface area contributed by atoms with Crippen LogP contribution in [0.25, 0.3) is 22.0 Å². The molecule has 5 aliphatic rings. The zero-order valence-corrected chi connectivity index (χ0v) is 34.8. The van der Waals surface area contributed by atoms with Crippen LogP contribution in [0.1, 0.15) is 80.0 Å². The van der Waals surface area contributed by atoms with E-state index in [2.05, 4.69) is 36.8 Å². The summed E-state index contributed by atoms with van der Waals surface area (Å²) in [6, 6.07) is 28.1. The summed E-state index contributed by atoms with van der Waals surface area (Å²) in [4.78, 5) is 90.0. The van der Waals surface area contributed by atoms with Crippen LogP contribution in [-0.2, 0) is 9.59 Å². The van der Waals surface area contributed by atoms with E-state index in [0.29, 0.717) is 41.4 Å². The van der Waals surface area contributed by atoms with E-state index in [1.54, 1.807) is 18.3 Å². The maximum atomic E-state index is 13.7. The third-order valence-electron chi connectivity index (χ3n) is 13.1. The number of nitrogens with zero attached hydrogens (tertiary/aromatic N) is 5. The van der Waals surface area contributed by atoms with Crippen LogP contribution < -0.4 is 20.9 Å². The highest BCUT2D eigenvalue weighted by molar-refractivity contribution is 6.23. The summed E-state index contributed by atoms with van der Waals surface area (Å²) in [5.41, 5.74) is 6.86. The molecular formula is C49H48N8O6. The molecule has 0 spiro atoms. The summed E-state index contributed by atoms with van der Waals surface area (Å²) >= 11 is 0. The fourth-order valence-corrected chi connectivity index (χ4v) is 9.35. The Kier molecular flexibility index (Phi) is 10.7. The van der Waals surface area contributed by atoms with Crippen LogP contribution in [0.15, 0.2) is 97.2 Å². The van der Waals surface area contributed by atoms with E-state index in [1.165, 1.54) is 0 Å². The standard InChI is InChI=1S/C49H48N8O6/c58-43-17-16-42(46(60)53-43)57-48(62)37-14-13-36(27-38(37)49(57)63)55-24-22-54(23-25-55)29-30-18-20-56(21-19-30)47(61)32-8-6-31(7-9-32)33-10-15-41-39(26-33)44(51-34-4-2-1-3-5-34)40(28-50-41)45(59)52-35-11-12-35/h1-10,13-15,26-28,30,35,42H,11-12,16-25,29H2,(H,50,51)(H,52,59)(H,53,58,60). The minimum atomic E-state index is -0.985. The van der Waals surface area contributed by atoms with Crippen LogP contribution in [0, 0.1) is 5.92 Å². The number of aromatic nitrogens is 1. The van der Waals surface area contributed by atoms with Crippen molar-refractivity contribution in [2.75, 3.05) is 56.0 Å². The lowest BCUT2D eigenvalue weighted by molar-refractivity contribution is -0.136. The van der Waals surface area contributed by atoms with Gasteiger partial charge in [0.05, 0.1) is 27.9 Å². The summed E-state index contributed by atoms with van der Waals surface area (Å²) in [7, 11) is 0. The molecule has 0 bridgehead atoms. The molecule has 4 aliphatic heterocycles. The predicted octanol–water partition coefficient (Wildman–Crippen LogP) is 5.61. The maximum absolute atomic E-state index is 13.7. The Labute approximate surface area is 364 Å². The van der Waals surface area contributed by atoms with E-state index in [-0.39, 0.29) is 36.3 Å². The third-order valence-corrected chi connectivity index (χ3v) is 13.1. The second-order valence-corrected chi connectivity index (χ2v) is 17.3. The molecule has 14 nitrogen and oxygen atoms in total. The normalized spacial score (nSPS) is 19.6. The van der Waals surface area contributed by atoms with Gasteiger partial charge in [0.1, 0.15) is 6.04 Å². The van der Waals surface area contributed by atoms with E-state index in [1.807, 2.05) is 77.7 Å². The molecule has 320 valence electrons. The van der Waals surface area contributed by atoms with Gasteiger partial charge < -0.3 is 20.4 Å². The quantitative estimate of drug-likeness (QED) is 0.151. The highest BCUT2D eigenvalue weighted by atomic mass is 16.2. The SMILES string of the molecule is O=C1CCC(N2C(=O)c3ccc(N4CCN(CC5CCN(C(=O)c6ccc(-c7ccc8ncc(C(=O)NC9CC9)c(Nc9ccccc9)c8c7)cc6)CC5)CC4)cc3C2=O)C(=O)N1. The summed E-state index contributed by atoms with van der Waals surface area (Å²) in [6.45, 7) is 5.61. The van der Waals surface area contributed by atoms with Crippen LogP contribution in [0.3, 0.4) is 0 Å². The first-order valence-electron chi connectivity index (χ1n) is 21.9. The van der Waals surface area contributed by atoms with Gasteiger partial charge in [-0.05, 0) is 104 Å². The van der Waals surface area contributed by atoms with Crippen molar-refractivity contribution in [1.29, 1.82) is 0 Å². The Morgan fingerprint density at radius 3 is 2.19 bits per heavy atom. The van der Waals surface area contributed by atoms with Crippen molar-refractivity contribution in [1.82, 2.24) is 30.3 Å². The van der Waals surface area contributed by atoms with Crippen molar-refractivity contribution in [3.05, 3.63) is 119 Å². The average Bonchev–Trinajstić information content (AvgIpc) is 4.10. The van der Waals surface area contributed by atoms with Crippen LogP contribution in [-0.4, -0.2) is 113 Å². The number of nitrogens with one attached hydrogen (secondary N) is 3. The van der Waals surface area contributed by atoms with E-state index in [0.717, 1.165) is 96.7 Å². The fraction of sp³-hybridized carbons (Fsp3) is 0.327. The number of fused-ring (bicyclic) bond motifs is 2. The van der Waals surface area contributed by atoms with Crippen LogP contribution >= 0.6 is 0 Å². The van der Waals surface area contributed by atoms with Crippen LogP contribution in [0.4, 0.5) is 17.1 Å². The number of piperazine rings is 1. The number of carbonyl (C=O) groups excluding carboxylic acids is 6. The third kappa shape index (κ3) is 8.14. The molecule has 3 N–H and O–H groups in total. The molecule has 0 radical (unpaired) electrons. The first-order chi connectivity index (χ1) is 30.7. The number of likely N-dealkylation sites (tertiary alicyclic amines) is 1. The number of amides is 6. The summed E-state index contributed by atoms with van der Waals surface area (Å²) in [6.07, 6.45) is 5.70. The largest absolute Gasteiger partial charge is 0.369 e. The molecule has 4 aromatic carbocycles. The summed E-state index contributed by atoms with van der Waals surface area (Å²) < 4.78 is 0. The van der Waals surface area contributed by atoms with Gasteiger partial charge in [-0.25, -0.2) is 0 Å². The molecule has 1 unspecified atom stereocenters. The topological polar surface area (TPSA) is 164 Å². The van der Waals surface area contributed by atoms with Crippen molar-refractivity contribution in [3.8, 4) is 11.1 Å². The van der Waals surface area contributed by atoms with E-state index >= 15 is 0 Å². The molecule has 1 atom stereocenters. The van der Waals surface area contributed by atoms with Gasteiger partial charge >= 0.3 is 0 Å². The first kappa shape index (κ1) is 40.2. The van der Waals surface area contributed by atoms with Crippen molar-refractivity contribution in [2.24, 2.45) is 5.92 Å². The Morgan fingerprint density at radius 1 is 0.730 bits per heavy atom. The van der Waals surface area contributed by atoms with Crippen LogP contribution in [0.2, 0.25) is 0 Å². The molecule has 10 rings (SSSR count). The van der Waals surface area contributed by atoms with Gasteiger partial charge in [0.2, 0.25) is 11.8 Å². The second-order valence-electron chi connectivity index (χ2n) is 17.3. The fourth-order valence-electron chi connectivity index (χ4n) is 9.35. The molecule has 6 amide bonds. The number of hydrogen-bond donors (Lipinski definition) is 3. The number of imide groups is 2. The zero-order valence-electron chi connectivity index (χ0n) is 34.8. The predicted molar refractivity (Wildman–Crippen MR) is 238 cm³/mol. The lowest BCUT2D eigenvalue weighted by atomic mass is 9.95. The van der Waals surface area contributed by atoms with Gasteiger partial charge in [-0.15, -0.1) is 0 Å². The average molecular weight is 845 g/mol. The molecular weight excluding hydrogens is 797 g/mol. The van der Waals surface area contributed by atoms with Gasteiger partial charge in [0.25, 0.3) is 23.6 Å². The number of hydrogen-bond acceptors (Lipinski definition) is 10. The van der Waals surface area contributed by atoms with Gasteiger partial charge in [0.15, 0.2) is 0 Å². The molecule has 1 saturated carbocycles. The zero-order chi connectivity index (χ0) is 43.2. The smallest absolute Gasteiger partial charge is 0.262 e. The Balaban J connectivity index is 0.735. The molecule has 3 saturated heterocycles. The van der Waals surface area contributed by atoms with Gasteiger partial charge in [0, 0.05) is 86.8 Å². The Bertz CT molecular complexity index is 2650. The minimum absolute atomic E-state index is 0.0340. The van der Waals surface area contributed by atoms with Crippen molar-refractivity contribution >= 4 is 63.4 Å².